The van der Waals surface area contributed by atoms with Crippen LogP contribution in [-0.4, -0.2) is 31.7 Å². The average Bonchev–Trinajstić information content (AvgIpc) is 3.01. The first kappa shape index (κ1) is 15.8. The minimum atomic E-state index is -0.376. The number of benzene rings is 2. The summed E-state index contributed by atoms with van der Waals surface area (Å²) in [5.41, 5.74) is 1.11. The Morgan fingerprint density at radius 1 is 1.22 bits per heavy atom. The molecule has 0 spiro atoms. The number of carbonyl (C=O) groups excluding carboxylic acids is 1. The Bertz CT molecular complexity index is 855. The smallest absolute Gasteiger partial charge is 0.214 e. The summed E-state index contributed by atoms with van der Waals surface area (Å²) in [5, 5.41) is 11.8. The number of carbonyl (C=O) groups is 1. The van der Waals surface area contributed by atoms with E-state index in [0.717, 1.165) is 4.47 Å². The van der Waals surface area contributed by atoms with Crippen LogP contribution in [0.2, 0.25) is 0 Å². The first-order valence-corrected chi connectivity index (χ1v) is 8.37. The fraction of sp³-hybridized carbons (Fsp3) is 0.0667. The van der Waals surface area contributed by atoms with Crippen LogP contribution < -0.4 is 0 Å². The van der Waals surface area contributed by atoms with Crippen molar-refractivity contribution in [2.45, 2.75) is 5.16 Å². The number of hydrogen-bond donors (Lipinski definition) is 0. The van der Waals surface area contributed by atoms with Crippen LogP contribution in [0.1, 0.15) is 10.4 Å². The van der Waals surface area contributed by atoms with Crippen LogP contribution in [0.4, 0.5) is 4.39 Å². The summed E-state index contributed by atoms with van der Waals surface area (Å²) in [5.74, 6) is -0.226. The normalized spacial score (nSPS) is 10.7. The van der Waals surface area contributed by atoms with Crippen molar-refractivity contribution in [3.63, 3.8) is 0 Å². The van der Waals surface area contributed by atoms with Crippen molar-refractivity contribution < 1.29 is 9.18 Å². The summed E-state index contributed by atoms with van der Waals surface area (Å²) in [6.45, 7) is 0. The Hall–Kier alpha value is -2.06. The van der Waals surface area contributed by atoms with Gasteiger partial charge in [-0.1, -0.05) is 45.9 Å². The second kappa shape index (κ2) is 7.01. The van der Waals surface area contributed by atoms with E-state index >= 15 is 0 Å². The van der Waals surface area contributed by atoms with Gasteiger partial charge >= 0.3 is 0 Å². The fourth-order valence-corrected chi connectivity index (χ4v) is 3.10. The van der Waals surface area contributed by atoms with Gasteiger partial charge < -0.3 is 0 Å². The van der Waals surface area contributed by atoms with E-state index in [9.17, 15) is 9.18 Å². The molecule has 0 atom stereocenters. The number of tetrazole rings is 1. The number of rotatable bonds is 5. The zero-order valence-corrected chi connectivity index (χ0v) is 14.1. The minimum Gasteiger partial charge on any atom is -0.293 e. The Labute approximate surface area is 144 Å². The van der Waals surface area contributed by atoms with Gasteiger partial charge in [0.25, 0.3) is 0 Å². The predicted molar refractivity (Wildman–Crippen MR) is 88.3 cm³/mol. The molecule has 0 saturated carbocycles. The van der Waals surface area contributed by atoms with Crippen molar-refractivity contribution in [2.24, 2.45) is 0 Å². The molecule has 0 amide bonds. The van der Waals surface area contributed by atoms with Crippen molar-refractivity contribution in [3.05, 3.63) is 64.4 Å². The Morgan fingerprint density at radius 2 is 2.04 bits per heavy atom. The lowest BCUT2D eigenvalue weighted by molar-refractivity contribution is 0.102. The van der Waals surface area contributed by atoms with E-state index in [0.29, 0.717) is 16.4 Å². The van der Waals surface area contributed by atoms with Crippen LogP contribution in [-0.2, 0) is 0 Å². The van der Waals surface area contributed by atoms with E-state index in [1.54, 1.807) is 30.3 Å². The van der Waals surface area contributed by atoms with Gasteiger partial charge in [-0.25, -0.2) is 4.39 Å². The van der Waals surface area contributed by atoms with Gasteiger partial charge in [0.05, 0.1) is 11.4 Å². The Morgan fingerprint density at radius 3 is 2.83 bits per heavy atom. The molecule has 3 aromatic rings. The van der Waals surface area contributed by atoms with Gasteiger partial charge in [0.1, 0.15) is 5.82 Å². The van der Waals surface area contributed by atoms with Gasteiger partial charge in [-0.3, -0.25) is 4.79 Å². The summed E-state index contributed by atoms with van der Waals surface area (Å²) < 4.78 is 15.6. The van der Waals surface area contributed by atoms with E-state index in [1.165, 1.54) is 28.6 Å². The van der Waals surface area contributed by atoms with Gasteiger partial charge in [-0.2, -0.15) is 4.68 Å². The third-order valence-corrected chi connectivity index (χ3v) is 4.39. The molecule has 0 fully saturated rings. The van der Waals surface area contributed by atoms with Gasteiger partial charge in [0.2, 0.25) is 5.16 Å². The second-order valence-corrected chi connectivity index (χ2v) is 6.43. The molecule has 23 heavy (non-hydrogen) atoms. The maximum atomic E-state index is 13.3. The fourth-order valence-electron chi connectivity index (χ4n) is 1.91. The predicted octanol–water partition coefficient (Wildman–Crippen LogP) is 3.54. The third kappa shape index (κ3) is 3.83. The summed E-state index contributed by atoms with van der Waals surface area (Å²) >= 11 is 4.54. The third-order valence-electron chi connectivity index (χ3n) is 2.97. The highest BCUT2D eigenvalue weighted by atomic mass is 79.9. The molecule has 1 aromatic heterocycles. The zero-order chi connectivity index (χ0) is 16.2. The molecule has 0 bridgehead atoms. The molecule has 0 radical (unpaired) electrons. The molecule has 0 saturated heterocycles. The molecule has 0 aliphatic carbocycles. The van der Waals surface area contributed by atoms with Gasteiger partial charge in [0, 0.05) is 10.0 Å². The number of aromatic nitrogens is 4. The molecule has 0 aliphatic rings. The average molecular weight is 393 g/mol. The molecule has 116 valence electrons. The van der Waals surface area contributed by atoms with Crippen LogP contribution in [0.3, 0.4) is 0 Å². The lowest BCUT2D eigenvalue weighted by atomic mass is 10.2. The monoisotopic (exact) mass is 392 g/mol. The maximum Gasteiger partial charge on any atom is 0.214 e. The highest BCUT2D eigenvalue weighted by molar-refractivity contribution is 9.10. The second-order valence-electron chi connectivity index (χ2n) is 4.58. The molecule has 3 rings (SSSR count). The minimum absolute atomic E-state index is 0.0370. The zero-order valence-electron chi connectivity index (χ0n) is 11.7. The standard InChI is InChI=1S/C15H10BrFN4OS/c16-11-4-1-3-10(7-11)14(22)9-23-15-18-19-20-21(15)13-6-2-5-12(17)8-13/h1-8H,9H2. The summed E-state index contributed by atoms with van der Waals surface area (Å²) in [6.07, 6.45) is 0. The lowest BCUT2D eigenvalue weighted by Crippen LogP contribution is -2.05. The number of ketones is 1. The quantitative estimate of drug-likeness (QED) is 0.490. The number of halogens is 2. The summed E-state index contributed by atoms with van der Waals surface area (Å²) in [4.78, 5) is 12.2. The summed E-state index contributed by atoms with van der Waals surface area (Å²) in [7, 11) is 0. The first-order valence-electron chi connectivity index (χ1n) is 6.59. The summed E-state index contributed by atoms with van der Waals surface area (Å²) in [6, 6.07) is 13.1. The van der Waals surface area contributed by atoms with Gasteiger partial charge in [-0.05, 0) is 40.8 Å². The molecule has 2 aromatic carbocycles. The van der Waals surface area contributed by atoms with Crippen molar-refractivity contribution in [1.82, 2.24) is 20.2 Å². The molecule has 0 N–H and O–H groups in total. The van der Waals surface area contributed by atoms with Crippen molar-refractivity contribution >= 4 is 33.5 Å². The number of nitrogens with zero attached hydrogens (tertiary/aromatic N) is 4. The molecular formula is C15H10BrFN4OS. The first-order chi connectivity index (χ1) is 11.1. The highest BCUT2D eigenvalue weighted by Gasteiger charge is 2.13. The lowest BCUT2D eigenvalue weighted by Gasteiger charge is -2.04. The van der Waals surface area contributed by atoms with Crippen molar-refractivity contribution in [2.75, 3.05) is 5.75 Å². The van der Waals surface area contributed by atoms with Crippen LogP contribution in [0.15, 0.2) is 58.2 Å². The maximum absolute atomic E-state index is 13.3. The van der Waals surface area contributed by atoms with E-state index in [4.69, 9.17) is 0 Å². The largest absolute Gasteiger partial charge is 0.293 e. The van der Waals surface area contributed by atoms with Gasteiger partial charge in [-0.15, -0.1) is 5.10 Å². The van der Waals surface area contributed by atoms with Crippen molar-refractivity contribution in [1.29, 1.82) is 0 Å². The molecule has 1 heterocycles. The Kier molecular flexibility index (Phi) is 4.82. The molecule has 0 unspecified atom stereocenters. The highest BCUT2D eigenvalue weighted by Crippen LogP contribution is 2.20. The topological polar surface area (TPSA) is 60.7 Å². The van der Waals surface area contributed by atoms with Gasteiger partial charge in [0.15, 0.2) is 5.78 Å². The van der Waals surface area contributed by atoms with Crippen LogP contribution in [0, 0.1) is 5.82 Å². The van der Waals surface area contributed by atoms with Crippen molar-refractivity contribution in [3.8, 4) is 5.69 Å². The SMILES string of the molecule is O=C(CSc1nnnn1-c1cccc(F)c1)c1cccc(Br)c1. The number of thioether (sulfide) groups is 1. The molecule has 5 nitrogen and oxygen atoms in total. The van der Waals surface area contributed by atoms with Crippen LogP contribution in [0.25, 0.3) is 5.69 Å². The van der Waals surface area contributed by atoms with E-state index in [2.05, 4.69) is 31.5 Å². The number of hydrogen-bond acceptors (Lipinski definition) is 5. The number of Topliss-reactive ketones (excluding diaryl/α,β-unsaturated/α-hetero) is 1. The molecule has 0 aliphatic heterocycles. The molecular weight excluding hydrogens is 383 g/mol. The van der Waals surface area contributed by atoms with E-state index < -0.39 is 0 Å². The molecule has 8 heteroatoms. The van der Waals surface area contributed by atoms with E-state index in [1.807, 2.05) is 6.07 Å². The Balaban J connectivity index is 1.75. The van der Waals surface area contributed by atoms with E-state index in [-0.39, 0.29) is 17.4 Å². The van der Waals surface area contributed by atoms with Crippen LogP contribution >= 0.6 is 27.7 Å². The van der Waals surface area contributed by atoms with Crippen LogP contribution in [0.5, 0.6) is 0 Å².